The molecular formula is C29H28ClF6N9O2. The maximum atomic E-state index is 16.8. The summed E-state index contributed by atoms with van der Waals surface area (Å²) in [5.41, 5.74) is 8.79. The Balaban J connectivity index is 1.59. The number of rotatable bonds is 6. The molecule has 5 heterocycles. The minimum absolute atomic E-state index is 0.0476. The van der Waals surface area contributed by atoms with Crippen LogP contribution < -0.4 is 25.8 Å². The Hall–Kier alpha value is -4.38. The molecule has 47 heavy (non-hydrogen) atoms. The van der Waals surface area contributed by atoms with Gasteiger partial charge < -0.3 is 25.8 Å². The molecule has 1 saturated heterocycles. The molecule has 0 spiro atoms. The van der Waals surface area contributed by atoms with Crippen molar-refractivity contribution in [3.8, 4) is 23.0 Å². The molecule has 4 N–H and O–H groups in total. The topological polar surface area (TPSA) is 141 Å². The number of nitrogen functional groups attached to an aromatic ring is 2. The number of aryl methyl sites for hydroxylation is 1. The summed E-state index contributed by atoms with van der Waals surface area (Å²) in [6.07, 6.45) is -4.02. The van der Waals surface area contributed by atoms with E-state index < -0.39 is 76.3 Å². The van der Waals surface area contributed by atoms with E-state index in [0.717, 1.165) is 13.0 Å². The number of likely N-dealkylation sites (N-methyl/N-ethyl adjacent to an activating group) is 1. The summed E-state index contributed by atoms with van der Waals surface area (Å²) in [7, 11) is 1.51. The minimum Gasteiger partial charge on any atom is -0.489 e. The Bertz CT molecular complexity index is 1880. The molecule has 18 heteroatoms. The third-order valence-electron chi connectivity index (χ3n) is 8.29. The fourth-order valence-corrected chi connectivity index (χ4v) is 6.43. The van der Waals surface area contributed by atoms with E-state index in [1.54, 1.807) is 17.9 Å². The first-order valence-corrected chi connectivity index (χ1v) is 14.7. The number of hydrogen-bond acceptors (Lipinski definition) is 11. The molecule has 2 aliphatic heterocycles. The van der Waals surface area contributed by atoms with Gasteiger partial charge in [0.15, 0.2) is 17.4 Å². The van der Waals surface area contributed by atoms with Crippen molar-refractivity contribution in [2.45, 2.75) is 44.5 Å². The van der Waals surface area contributed by atoms with Crippen molar-refractivity contribution in [1.29, 1.82) is 0 Å². The smallest absolute Gasteiger partial charge is 0.418 e. The second kappa shape index (κ2) is 11.7. The monoisotopic (exact) mass is 683 g/mol. The molecule has 11 nitrogen and oxygen atoms in total. The summed E-state index contributed by atoms with van der Waals surface area (Å²) < 4.78 is 99.8. The van der Waals surface area contributed by atoms with E-state index in [1.165, 1.54) is 18.1 Å². The molecule has 2 atom stereocenters. The molecule has 0 bridgehead atoms. The first kappa shape index (κ1) is 32.6. The van der Waals surface area contributed by atoms with Gasteiger partial charge in [0.2, 0.25) is 0 Å². The molecule has 6 rings (SSSR count). The Morgan fingerprint density at radius 3 is 2.62 bits per heavy atom. The molecule has 0 radical (unpaired) electrons. The number of nitrogens with two attached hydrogens (primary N) is 2. The number of anilines is 3. The highest BCUT2D eigenvalue weighted by Gasteiger charge is 2.44. The number of halogens is 7. The van der Waals surface area contributed by atoms with E-state index >= 15 is 4.39 Å². The number of hydrogen-bond donors (Lipinski definition) is 2. The first-order valence-electron chi connectivity index (χ1n) is 14.3. The highest BCUT2D eigenvalue weighted by atomic mass is 35.5. The maximum Gasteiger partial charge on any atom is 0.418 e. The molecule has 0 unspecified atom stereocenters. The SMILES string of the molecule is Cc1cc(N)nc(-c2c(Cl)c3c4c(nc(OC[C@@H]5CC(F)(F)CN5C)nc4c2F)N([C@H](C)c2ccnnc2N)CCO3)c1C(F)(F)F. The van der Waals surface area contributed by atoms with Crippen molar-refractivity contribution in [3.63, 3.8) is 0 Å². The van der Waals surface area contributed by atoms with Crippen molar-refractivity contribution in [1.82, 2.24) is 30.0 Å². The summed E-state index contributed by atoms with van der Waals surface area (Å²) in [6, 6.07) is 0.928. The number of nitrogens with zero attached hydrogens (tertiary/aromatic N) is 7. The summed E-state index contributed by atoms with van der Waals surface area (Å²) >= 11 is 6.70. The van der Waals surface area contributed by atoms with Crippen molar-refractivity contribution >= 4 is 40.0 Å². The van der Waals surface area contributed by atoms with E-state index in [4.69, 9.17) is 32.5 Å². The lowest BCUT2D eigenvalue weighted by Gasteiger charge is -2.30. The van der Waals surface area contributed by atoms with E-state index in [0.29, 0.717) is 5.56 Å². The predicted octanol–water partition coefficient (Wildman–Crippen LogP) is 5.44. The van der Waals surface area contributed by atoms with E-state index in [1.807, 2.05) is 0 Å². The van der Waals surface area contributed by atoms with Crippen LogP contribution in [0.3, 0.4) is 0 Å². The van der Waals surface area contributed by atoms with Crippen molar-refractivity contribution in [2.75, 3.05) is 49.7 Å². The highest BCUT2D eigenvalue weighted by molar-refractivity contribution is 6.36. The van der Waals surface area contributed by atoms with Crippen LogP contribution in [0.5, 0.6) is 11.8 Å². The predicted molar refractivity (Wildman–Crippen MR) is 161 cm³/mol. The van der Waals surface area contributed by atoms with Crippen LogP contribution in [0.15, 0.2) is 18.3 Å². The summed E-state index contributed by atoms with van der Waals surface area (Å²) in [5.74, 6) is -4.56. The van der Waals surface area contributed by atoms with Gasteiger partial charge in [-0.2, -0.15) is 28.2 Å². The van der Waals surface area contributed by atoms with Gasteiger partial charge >= 0.3 is 12.2 Å². The van der Waals surface area contributed by atoms with E-state index in [2.05, 4.69) is 25.1 Å². The van der Waals surface area contributed by atoms with E-state index in [9.17, 15) is 22.0 Å². The van der Waals surface area contributed by atoms with Crippen molar-refractivity contribution in [3.05, 3.63) is 45.9 Å². The fourth-order valence-electron chi connectivity index (χ4n) is 6.11. The number of benzene rings is 1. The van der Waals surface area contributed by atoms with Crippen LogP contribution in [0.1, 0.15) is 36.1 Å². The Kier molecular flexibility index (Phi) is 8.10. The van der Waals surface area contributed by atoms with Crippen molar-refractivity contribution < 1.29 is 35.8 Å². The average molecular weight is 684 g/mol. The summed E-state index contributed by atoms with van der Waals surface area (Å²) in [4.78, 5) is 15.7. The largest absolute Gasteiger partial charge is 0.489 e. The van der Waals surface area contributed by atoms with Crippen molar-refractivity contribution in [2.24, 2.45) is 0 Å². The van der Waals surface area contributed by atoms with Gasteiger partial charge in [-0.05, 0) is 38.6 Å². The Morgan fingerprint density at radius 1 is 1.21 bits per heavy atom. The Morgan fingerprint density at radius 2 is 1.96 bits per heavy atom. The molecule has 1 fully saturated rings. The fraction of sp³-hybridized carbons (Fsp3) is 0.414. The molecule has 0 saturated carbocycles. The highest BCUT2D eigenvalue weighted by Crippen LogP contribution is 2.51. The van der Waals surface area contributed by atoms with Gasteiger partial charge in [0.25, 0.3) is 5.92 Å². The zero-order valence-electron chi connectivity index (χ0n) is 25.2. The number of aromatic nitrogens is 5. The average Bonchev–Trinajstić information content (AvgIpc) is 3.12. The van der Waals surface area contributed by atoms with Gasteiger partial charge in [0, 0.05) is 18.0 Å². The van der Waals surface area contributed by atoms with Gasteiger partial charge in [0.1, 0.15) is 30.4 Å². The number of pyridine rings is 1. The molecular weight excluding hydrogens is 656 g/mol. The van der Waals surface area contributed by atoms with Crippen LogP contribution >= 0.6 is 11.6 Å². The molecule has 2 aliphatic rings. The van der Waals surface area contributed by atoms with Crippen LogP contribution in [0.25, 0.3) is 22.2 Å². The second-order valence-corrected chi connectivity index (χ2v) is 11.9. The van der Waals surface area contributed by atoms with Gasteiger partial charge in [0.05, 0.1) is 52.6 Å². The second-order valence-electron chi connectivity index (χ2n) is 11.5. The molecule has 3 aromatic heterocycles. The minimum atomic E-state index is -4.97. The lowest BCUT2D eigenvalue weighted by molar-refractivity contribution is -0.137. The molecule has 1 aromatic carbocycles. The summed E-state index contributed by atoms with van der Waals surface area (Å²) in [6.45, 7) is 2.20. The molecule has 4 aromatic rings. The maximum absolute atomic E-state index is 16.8. The van der Waals surface area contributed by atoms with Gasteiger partial charge in [-0.15, -0.1) is 5.10 Å². The quantitative estimate of drug-likeness (QED) is 0.251. The number of ether oxygens (including phenoxy) is 2. The van der Waals surface area contributed by atoms with Crippen LogP contribution in [-0.4, -0.2) is 75.4 Å². The van der Waals surface area contributed by atoms with Crippen LogP contribution in [0, 0.1) is 12.7 Å². The van der Waals surface area contributed by atoms with Crippen LogP contribution in [-0.2, 0) is 6.18 Å². The third-order valence-corrected chi connectivity index (χ3v) is 8.65. The molecule has 0 aliphatic carbocycles. The Labute approximate surface area is 268 Å². The van der Waals surface area contributed by atoms with Crippen LogP contribution in [0.2, 0.25) is 5.02 Å². The molecule has 250 valence electrons. The van der Waals surface area contributed by atoms with Crippen LogP contribution in [0.4, 0.5) is 43.8 Å². The van der Waals surface area contributed by atoms with Gasteiger partial charge in [-0.25, -0.2) is 18.2 Å². The third kappa shape index (κ3) is 5.86. The lowest BCUT2D eigenvalue weighted by Crippen LogP contribution is -2.32. The standard InChI is InChI=1S/C29H28ClF6N9O2/c1-12-8-16(37)40-22(19(12)29(34,35)36)17-20(30)24-18-23(21(17)31)41-27(47-10-14-9-28(32,33)11-44(14)3)42-26(18)45(6-7-46-24)13(2)15-4-5-39-43-25(15)38/h4-5,8,13-14H,6-7,9-11H2,1-3H3,(H2,37,40)(H2,38,43)/t13-,14+/m1/s1. The molecule has 0 amide bonds. The first-order chi connectivity index (χ1) is 22.1. The zero-order valence-corrected chi connectivity index (χ0v) is 25.9. The van der Waals surface area contributed by atoms with Gasteiger partial charge in [-0.3, -0.25) is 4.90 Å². The summed E-state index contributed by atoms with van der Waals surface area (Å²) in [5, 5.41) is 7.10. The van der Waals surface area contributed by atoms with E-state index in [-0.39, 0.29) is 53.9 Å². The normalized spacial score (nSPS) is 18.7. The number of likely N-dealkylation sites (tertiary alicyclic amines) is 1. The number of alkyl halides is 5. The van der Waals surface area contributed by atoms with Gasteiger partial charge in [-0.1, -0.05) is 11.6 Å². The zero-order chi connectivity index (χ0) is 34.0. The lowest BCUT2D eigenvalue weighted by atomic mass is 9.98.